The molecule has 1 aliphatic rings. The van der Waals surface area contributed by atoms with Crippen molar-refractivity contribution >= 4 is 39.3 Å². The van der Waals surface area contributed by atoms with Crippen LogP contribution in [0.25, 0.3) is 6.08 Å². The second-order valence-corrected chi connectivity index (χ2v) is 7.83. The number of benzene rings is 3. The molecular formula is C24H16BrF3N2O2. The Balaban J connectivity index is 1.72. The third-order valence-corrected chi connectivity index (χ3v) is 5.15. The highest BCUT2D eigenvalue weighted by molar-refractivity contribution is 9.10. The number of ether oxygens (including phenoxy) is 1. The molecule has 4 rings (SSSR count). The first kappa shape index (κ1) is 21.8. The third kappa shape index (κ3) is 4.75. The SMILES string of the molecule is O=C1/C(=C\c2cc(Br)ccc2OCc2ccccc2)C(C(F)(F)F)=NN1c1ccccc1. The van der Waals surface area contributed by atoms with Gasteiger partial charge in [-0.3, -0.25) is 4.79 Å². The molecule has 162 valence electrons. The van der Waals surface area contributed by atoms with Crippen LogP contribution in [0.5, 0.6) is 5.75 Å². The van der Waals surface area contributed by atoms with Crippen LogP contribution in [0.2, 0.25) is 0 Å². The monoisotopic (exact) mass is 500 g/mol. The van der Waals surface area contributed by atoms with Crippen LogP contribution >= 0.6 is 15.9 Å². The number of amides is 1. The number of carbonyl (C=O) groups excluding carboxylic acids is 1. The third-order valence-electron chi connectivity index (χ3n) is 4.66. The highest BCUT2D eigenvalue weighted by Gasteiger charge is 2.46. The summed E-state index contributed by atoms with van der Waals surface area (Å²) in [6.45, 7) is 0.225. The Morgan fingerprint density at radius 3 is 2.28 bits per heavy atom. The van der Waals surface area contributed by atoms with Crippen molar-refractivity contribution in [3.8, 4) is 5.75 Å². The molecule has 0 atom stereocenters. The molecule has 0 fully saturated rings. The summed E-state index contributed by atoms with van der Waals surface area (Å²) in [6, 6.07) is 22.3. The first-order valence-corrected chi connectivity index (χ1v) is 10.4. The summed E-state index contributed by atoms with van der Waals surface area (Å²) < 4.78 is 47.7. The van der Waals surface area contributed by atoms with Gasteiger partial charge in [-0.1, -0.05) is 64.5 Å². The first-order chi connectivity index (χ1) is 15.3. The number of hydrazone groups is 1. The van der Waals surface area contributed by atoms with Gasteiger partial charge in [-0.15, -0.1) is 0 Å². The van der Waals surface area contributed by atoms with Crippen LogP contribution in [0.1, 0.15) is 11.1 Å². The van der Waals surface area contributed by atoms with Crippen LogP contribution < -0.4 is 9.75 Å². The fourth-order valence-corrected chi connectivity index (χ4v) is 3.53. The van der Waals surface area contributed by atoms with Gasteiger partial charge in [-0.25, -0.2) is 0 Å². The van der Waals surface area contributed by atoms with E-state index in [0.29, 0.717) is 15.8 Å². The van der Waals surface area contributed by atoms with Crippen molar-refractivity contribution < 1.29 is 22.7 Å². The molecule has 1 aliphatic heterocycles. The quantitative estimate of drug-likeness (QED) is 0.381. The molecule has 0 spiro atoms. The number of anilines is 1. The minimum absolute atomic E-state index is 0.225. The van der Waals surface area contributed by atoms with Crippen molar-refractivity contribution in [3.05, 3.63) is 100 Å². The van der Waals surface area contributed by atoms with Crippen molar-refractivity contribution in [2.75, 3.05) is 5.01 Å². The number of hydrogen-bond acceptors (Lipinski definition) is 3. The zero-order valence-electron chi connectivity index (χ0n) is 16.5. The topological polar surface area (TPSA) is 41.9 Å². The van der Waals surface area contributed by atoms with E-state index in [1.54, 1.807) is 36.4 Å². The van der Waals surface area contributed by atoms with Gasteiger partial charge in [0.2, 0.25) is 0 Å². The first-order valence-electron chi connectivity index (χ1n) is 9.56. The van der Waals surface area contributed by atoms with E-state index in [-0.39, 0.29) is 12.3 Å². The summed E-state index contributed by atoms with van der Waals surface area (Å²) in [5.74, 6) is -0.519. The van der Waals surface area contributed by atoms with Gasteiger partial charge in [0.05, 0.1) is 11.3 Å². The number of alkyl halides is 3. The fraction of sp³-hybridized carbons (Fsp3) is 0.0833. The Morgan fingerprint density at radius 2 is 1.62 bits per heavy atom. The van der Waals surface area contributed by atoms with Crippen molar-refractivity contribution in [3.63, 3.8) is 0 Å². The van der Waals surface area contributed by atoms with Gasteiger partial charge in [-0.2, -0.15) is 23.3 Å². The molecule has 0 bridgehead atoms. The minimum Gasteiger partial charge on any atom is -0.488 e. The van der Waals surface area contributed by atoms with Crippen LogP contribution in [0.3, 0.4) is 0 Å². The van der Waals surface area contributed by atoms with Crippen LogP contribution in [-0.2, 0) is 11.4 Å². The number of para-hydroxylation sites is 1. The lowest BCUT2D eigenvalue weighted by Gasteiger charge is -2.12. The van der Waals surface area contributed by atoms with Gasteiger partial charge < -0.3 is 4.74 Å². The molecule has 0 aliphatic carbocycles. The number of hydrogen-bond donors (Lipinski definition) is 0. The van der Waals surface area contributed by atoms with Gasteiger partial charge in [0, 0.05) is 10.0 Å². The molecule has 0 N–H and O–H groups in total. The maximum absolute atomic E-state index is 13.7. The maximum Gasteiger partial charge on any atom is 0.435 e. The Labute approximate surface area is 190 Å². The summed E-state index contributed by atoms with van der Waals surface area (Å²) in [7, 11) is 0. The predicted octanol–water partition coefficient (Wildman–Crippen LogP) is 6.38. The maximum atomic E-state index is 13.7. The molecule has 0 radical (unpaired) electrons. The molecule has 8 heteroatoms. The van der Waals surface area contributed by atoms with Crippen molar-refractivity contribution in [2.45, 2.75) is 12.8 Å². The van der Waals surface area contributed by atoms with Crippen LogP contribution in [0.15, 0.2) is 94.0 Å². The molecule has 0 unspecified atom stereocenters. The fourth-order valence-electron chi connectivity index (χ4n) is 3.15. The molecule has 32 heavy (non-hydrogen) atoms. The predicted molar refractivity (Wildman–Crippen MR) is 120 cm³/mol. The largest absolute Gasteiger partial charge is 0.488 e. The average Bonchev–Trinajstić information content (AvgIpc) is 3.11. The minimum atomic E-state index is -4.80. The highest BCUT2D eigenvalue weighted by Crippen LogP contribution is 2.34. The van der Waals surface area contributed by atoms with Crippen LogP contribution in [0.4, 0.5) is 18.9 Å². The summed E-state index contributed by atoms with van der Waals surface area (Å²) >= 11 is 3.33. The van der Waals surface area contributed by atoms with Gasteiger partial charge in [0.15, 0.2) is 5.71 Å². The van der Waals surface area contributed by atoms with E-state index in [1.165, 1.54) is 18.2 Å². The van der Waals surface area contributed by atoms with E-state index in [1.807, 2.05) is 30.3 Å². The molecule has 1 amide bonds. The van der Waals surface area contributed by atoms with Crippen LogP contribution in [-0.4, -0.2) is 17.8 Å². The average molecular weight is 501 g/mol. The Kier molecular flexibility index (Phi) is 6.14. The van der Waals surface area contributed by atoms with Crippen LogP contribution in [0, 0.1) is 0 Å². The smallest absolute Gasteiger partial charge is 0.435 e. The van der Waals surface area contributed by atoms with E-state index in [2.05, 4.69) is 21.0 Å². The standard InChI is InChI=1S/C24H16BrF3N2O2/c25-18-11-12-21(32-15-16-7-3-1-4-8-16)17(13-18)14-20-22(24(26,27)28)29-30(23(20)31)19-9-5-2-6-10-19/h1-14H,15H2/b20-14-. The Bertz CT molecular complexity index is 1190. The Morgan fingerprint density at radius 1 is 0.969 bits per heavy atom. The van der Waals surface area contributed by atoms with Gasteiger partial charge in [0.25, 0.3) is 5.91 Å². The van der Waals surface area contributed by atoms with E-state index >= 15 is 0 Å². The number of nitrogens with zero attached hydrogens (tertiary/aromatic N) is 2. The summed E-state index contributed by atoms with van der Waals surface area (Å²) in [4.78, 5) is 12.9. The zero-order chi connectivity index (χ0) is 22.7. The molecule has 3 aromatic rings. The molecule has 0 aromatic heterocycles. The van der Waals surface area contributed by atoms with Gasteiger partial charge >= 0.3 is 6.18 Å². The highest BCUT2D eigenvalue weighted by atomic mass is 79.9. The van der Waals surface area contributed by atoms with Crippen molar-refractivity contribution in [1.82, 2.24) is 0 Å². The van der Waals surface area contributed by atoms with E-state index in [4.69, 9.17) is 4.74 Å². The van der Waals surface area contributed by atoms with E-state index in [0.717, 1.165) is 10.6 Å². The lowest BCUT2D eigenvalue weighted by atomic mass is 10.1. The van der Waals surface area contributed by atoms with E-state index in [9.17, 15) is 18.0 Å². The molecule has 3 aromatic carbocycles. The number of halogens is 4. The zero-order valence-corrected chi connectivity index (χ0v) is 18.1. The molecule has 1 heterocycles. The second-order valence-electron chi connectivity index (χ2n) is 6.91. The number of rotatable bonds is 5. The lowest BCUT2D eigenvalue weighted by molar-refractivity contribution is -0.114. The summed E-state index contributed by atoms with van der Waals surface area (Å²) in [6.07, 6.45) is -3.63. The van der Waals surface area contributed by atoms with E-state index < -0.39 is 23.4 Å². The molecular weight excluding hydrogens is 485 g/mol. The second kappa shape index (κ2) is 9.00. The van der Waals surface area contributed by atoms with Crippen molar-refractivity contribution in [1.29, 1.82) is 0 Å². The van der Waals surface area contributed by atoms with Gasteiger partial charge in [0.1, 0.15) is 12.4 Å². The molecule has 0 saturated carbocycles. The Hall–Kier alpha value is -3.39. The normalized spacial score (nSPS) is 15.2. The van der Waals surface area contributed by atoms with Gasteiger partial charge in [-0.05, 0) is 42.0 Å². The summed E-state index contributed by atoms with van der Waals surface area (Å²) in [5.41, 5.74) is -0.328. The lowest BCUT2D eigenvalue weighted by Crippen LogP contribution is -2.25. The molecule has 0 saturated heterocycles. The number of carbonyl (C=O) groups is 1. The van der Waals surface area contributed by atoms with Crippen molar-refractivity contribution in [2.24, 2.45) is 5.10 Å². The molecule has 4 nitrogen and oxygen atoms in total. The summed E-state index contributed by atoms with van der Waals surface area (Å²) in [5, 5.41) is 4.35.